The molecule has 0 bridgehead atoms. The molecule has 0 aromatic heterocycles. The molecule has 3 heterocycles. The maximum absolute atomic E-state index is 13.8. The van der Waals surface area contributed by atoms with E-state index in [1.54, 1.807) is 119 Å². The first kappa shape index (κ1) is 45.1. The number of hydrogen-bond acceptors (Lipinski definition) is 14. The summed E-state index contributed by atoms with van der Waals surface area (Å²) in [6.45, 7) is 16.2. The normalized spacial score (nSPS) is 23.6. The van der Waals surface area contributed by atoms with E-state index >= 15 is 0 Å². The first-order valence-electron chi connectivity index (χ1n) is 18.2. The molecule has 55 heavy (non-hydrogen) atoms. The molecule has 0 atom stereocenters. The van der Waals surface area contributed by atoms with E-state index in [0.29, 0.717) is 0 Å². The van der Waals surface area contributed by atoms with Gasteiger partial charge in [0.2, 0.25) is 41.4 Å². The Bertz CT molecular complexity index is 1500. The van der Waals surface area contributed by atoms with E-state index in [0.717, 1.165) is 19.6 Å². The first-order chi connectivity index (χ1) is 24.8. The highest BCUT2D eigenvalue weighted by Gasteiger charge is 2.57. The smallest absolute Gasteiger partial charge is 0.326 e. The van der Waals surface area contributed by atoms with Gasteiger partial charge < -0.3 is 14.4 Å². The van der Waals surface area contributed by atoms with Gasteiger partial charge in [-0.15, -0.1) is 0 Å². The third kappa shape index (κ3) is 7.90. The van der Waals surface area contributed by atoms with Crippen LogP contribution in [0.1, 0.15) is 83.1 Å². The molecule has 18 heteroatoms. The fourth-order valence-electron chi connectivity index (χ4n) is 7.13. The molecular formula is C37H59N7O11. The molecule has 3 aliphatic heterocycles. The van der Waals surface area contributed by atoms with Crippen molar-refractivity contribution in [3.8, 4) is 0 Å². The van der Waals surface area contributed by atoms with Crippen molar-refractivity contribution in [3.05, 3.63) is 0 Å². The van der Waals surface area contributed by atoms with Gasteiger partial charge in [0.15, 0.2) is 0 Å². The van der Waals surface area contributed by atoms with Gasteiger partial charge in [-0.2, -0.15) is 0 Å². The number of carbonyl (C=O) groups excluding carboxylic acids is 9. The summed E-state index contributed by atoms with van der Waals surface area (Å²) in [5.74, 6) is -6.14. The molecule has 3 fully saturated rings. The largest absolute Gasteiger partial charge is 0.462 e. The summed E-state index contributed by atoms with van der Waals surface area (Å²) in [4.78, 5) is 128. The van der Waals surface area contributed by atoms with Gasteiger partial charge in [-0.25, -0.2) is 0 Å². The Labute approximate surface area is 323 Å². The number of carbonyl (C=O) groups is 9. The third-order valence-electron chi connectivity index (χ3n) is 12.1. The first-order valence-corrected chi connectivity index (χ1v) is 18.2. The Morgan fingerprint density at radius 1 is 0.436 bits per heavy atom. The molecule has 18 nitrogen and oxygen atoms in total. The second-order valence-electron chi connectivity index (χ2n) is 17.4. The number of piperazine rings is 3. The molecule has 3 aliphatic rings. The van der Waals surface area contributed by atoms with Crippen LogP contribution in [0.4, 0.5) is 0 Å². The molecule has 0 saturated carbocycles. The molecule has 0 aromatic carbocycles. The summed E-state index contributed by atoms with van der Waals surface area (Å²) >= 11 is 0. The zero-order valence-electron chi connectivity index (χ0n) is 35.1. The van der Waals surface area contributed by atoms with Crippen LogP contribution in [0.2, 0.25) is 0 Å². The fraction of sp³-hybridized carbons (Fsp3) is 0.757. The van der Waals surface area contributed by atoms with Gasteiger partial charge in [0.25, 0.3) is 0 Å². The van der Waals surface area contributed by atoms with Crippen LogP contribution in [0.15, 0.2) is 0 Å². The minimum Gasteiger partial charge on any atom is -0.462 e. The van der Waals surface area contributed by atoms with Crippen LogP contribution in [0.3, 0.4) is 0 Å². The van der Waals surface area contributed by atoms with Gasteiger partial charge in [-0.3, -0.25) is 72.6 Å². The lowest BCUT2D eigenvalue weighted by Gasteiger charge is -2.51. The van der Waals surface area contributed by atoms with Crippen molar-refractivity contribution in [3.63, 3.8) is 0 Å². The maximum Gasteiger partial charge on any atom is 0.326 e. The van der Waals surface area contributed by atoms with Gasteiger partial charge in [0.05, 0.1) is 46.3 Å². The van der Waals surface area contributed by atoms with Crippen molar-refractivity contribution in [2.24, 2.45) is 0 Å². The molecule has 0 radical (unpaired) electrons. The summed E-state index contributed by atoms with van der Waals surface area (Å²) in [5, 5.41) is 0. The molecule has 308 valence electrons. The van der Waals surface area contributed by atoms with E-state index in [2.05, 4.69) is 0 Å². The number of imide groups is 3. The highest BCUT2D eigenvalue weighted by Crippen LogP contribution is 2.35. The summed E-state index contributed by atoms with van der Waals surface area (Å²) in [5.41, 5.74) is -6.69. The van der Waals surface area contributed by atoms with Crippen LogP contribution < -0.4 is 0 Å². The van der Waals surface area contributed by atoms with Crippen LogP contribution >= 0.6 is 0 Å². The number of nitrogens with zero attached hydrogens (tertiary/aromatic N) is 7. The van der Waals surface area contributed by atoms with Crippen LogP contribution in [0.5, 0.6) is 0 Å². The van der Waals surface area contributed by atoms with Gasteiger partial charge in [0, 0.05) is 0 Å². The third-order valence-corrected chi connectivity index (χ3v) is 12.1. The number of amides is 7. The van der Waals surface area contributed by atoms with Crippen molar-refractivity contribution >= 4 is 53.3 Å². The number of ether oxygens (including phenoxy) is 2. The lowest BCUT2D eigenvalue weighted by molar-refractivity contribution is -0.176. The van der Waals surface area contributed by atoms with Crippen LogP contribution in [0.25, 0.3) is 0 Å². The maximum atomic E-state index is 13.8. The average molecular weight is 778 g/mol. The molecule has 0 unspecified atom stereocenters. The Morgan fingerprint density at radius 3 is 0.891 bits per heavy atom. The van der Waals surface area contributed by atoms with Crippen molar-refractivity contribution in [2.45, 2.75) is 116 Å². The number of rotatable bonds is 12. The van der Waals surface area contributed by atoms with Crippen molar-refractivity contribution in [1.82, 2.24) is 34.3 Å². The van der Waals surface area contributed by atoms with Crippen molar-refractivity contribution in [2.75, 3.05) is 67.1 Å². The number of likely N-dealkylation sites (N-methyl/N-ethyl adjacent to an activating group) is 3. The van der Waals surface area contributed by atoms with Gasteiger partial charge >= 0.3 is 11.9 Å². The van der Waals surface area contributed by atoms with E-state index in [9.17, 15) is 43.2 Å². The molecule has 0 aromatic rings. The molecule has 0 spiro atoms. The SMILES string of the molecule is CN1C(C)(C)C(=O)N(CC(=O)OCCN(CCOC(=O)CN2C(=O)C(C)(C)N(C)C(C)(C)C2=O)C(=O)CN2C(=O)C(C)(C)N(C)C(C)(C)C2=O)C(=O)C1(C)C. The summed E-state index contributed by atoms with van der Waals surface area (Å²) in [7, 11) is 4.93. The minimum atomic E-state index is -1.14. The minimum absolute atomic E-state index is 0.287. The zero-order valence-corrected chi connectivity index (χ0v) is 35.1. The van der Waals surface area contributed by atoms with Gasteiger partial charge in [-0.1, -0.05) is 0 Å². The Balaban J connectivity index is 1.76. The molecule has 0 aliphatic carbocycles. The average Bonchev–Trinajstić information content (AvgIpc) is 3.09. The lowest BCUT2D eigenvalue weighted by atomic mass is 9.87. The van der Waals surface area contributed by atoms with E-state index in [1.807, 2.05) is 0 Å². The van der Waals surface area contributed by atoms with E-state index in [-0.39, 0.29) is 13.1 Å². The topological polar surface area (TPSA) is 195 Å². The van der Waals surface area contributed by atoms with E-state index < -0.39 is 119 Å². The second-order valence-corrected chi connectivity index (χ2v) is 17.4. The van der Waals surface area contributed by atoms with E-state index in [1.165, 1.54) is 0 Å². The summed E-state index contributed by atoms with van der Waals surface area (Å²) < 4.78 is 10.7. The highest BCUT2D eigenvalue weighted by atomic mass is 16.5. The highest BCUT2D eigenvalue weighted by molar-refractivity contribution is 6.09. The number of esters is 2. The van der Waals surface area contributed by atoms with Crippen molar-refractivity contribution in [1.29, 1.82) is 0 Å². The predicted octanol–water partition coefficient (Wildman–Crippen LogP) is -0.525. The lowest BCUT2D eigenvalue weighted by Crippen LogP contribution is -2.73. The molecule has 7 amide bonds. The summed E-state index contributed by atoms with van der Waals surface area (Å²) in [6, 6.07) is 0. The Morgan fingerprint density at radius 2 is 0.655 bits per heavy atom. The van der Waals surface area contributed by atoms with Gasteiger partial charge in [-0.05, 0) is 104 Å². The van der Waals surface area contributed by atoms with Crippen molar-refractivity contribution < 1.29 is 52.6 Å². The monoisotopic (exact) mass is 777 g/mol. The van der Waals surface area contributed by atoms with Crippen LogP contribution in [-0.2, 0) is 52.6 Å². The standard InChI is InChI=1S/C37H59N7O11/c1-32(2)26(48)42(27(49)33(3,4)38(32)13)20-23(45)41(16-18-54-24(46)21-43-28(50)34(5,6)39(14)35(7,8)29(43)51)17-19-55-25(47)22-44-30(52)36(9,10)40(15)37(11,12)31(44)53/h16-22H2,1-15H3. The quantitative estimate of drug-likeness (QED) is 0.181. The van der Waals surface area contributed by atoms with Gasteiger partial charge in [0.1, 0.15) is 32.8 Å². The summed E-state index contributed by atoms with van der Waals surface area (Å²) in [6.07, 6.45) is 0. The Kier molecular flexibility index (Phi) is 12.3. The Hall–Kier alpha value is -4.29. The second kappa shape index (κ2) is 15.0. The predicted molar refractivity (Wildman–Crippen MR) is 196 cm³/mol. The molecular weight excluding hydrogens is 718 g/mol. The molecule has 3 saturated heterocycles. The number of hydrogen-bond donors (Lipinski definition) is 0. The van der Waals surface area contributed by atoms with Crippen LogP contribution in [0, 0.1) is 0 Å². The van der Waals surface area contributed by atoms with E-state index in [4.69, 9.17) is 9.47 Å². The molecule has 3 rings (SSSR count). The molecule has 0 N–H and O–H groups in total. The zero-order chi connectivity index (χ0) is 42.6. The fourth-order valence-corrected chi connectivity index (χ4v) is 7.13. The van der Waals surface area contributed by atoms with Crippen LogP contribution in [-0.4, -0.2) is 188 Å².